The Hall–Kier alpha value is -2.39. The molecule has 1 N–H and O–H groups in total. The third-order valence-electron chi connectivity index (χ3n) is 5.80. The number of hydrogen-bond donors (Lipinski definition) is 1. The first-order valence-corrected chi connectivity index (χ1v) is 12.0. The lowest BCUT2D eigenvalue weighted by Gasteiger charge is -2.27. The van der Waals surface area contributed by atoms with E-state index in [0.29, 0.717) is 37.2 Å². The molecule has 0 spiro atoms. The summed E-state index contributed by atoms with van der Waals surface area (Å²) in [4.78, 5) is 26.8. The largest absolute Gasteiger partial charge is 0.378 e. The number of nitrogens with one attached hydrogen (secondary N) is 1. The number of nitrogens with zero attached hydrogens (tertiary/aromatic N) is 2. The van der Waals surface area contributed by atoms with Crippen molar-refractivity contribution in [3.05, 3.63) is 30.5 Å². The summed E-state index contributed by atoms with van der Waals surface area (Å²) < 4.78 is 33.0. The SMILES string of the molecule is O=C(CS(=O)(=O)c1cn(CC(=O)N2CCOCC2)c2ccccc12)NC1CCCC1. The van der Waals surface area contributed by atoms with E-state index >= 15 is 0 Å². The van der Waals surface area contributed by atoms with Crippen molar-refractivity contribution in [2.24, 2.45) is 0 Å². The highest BCUT2D eigenvalue weighted by molar-refractivity contribution is 7.92. The Morgan fingerprint density at radius 1 is 1.10 bits per heavy atom. The quantitative estimate of drug-likeness (QED) is 0.741. The van der Waals surface area contributed by atoms with Gasteiger partial charge in [-0.25, -0.2) is 8.42 Å². The van der Waals surface area contributed by atoms with Crippen molar-refractivity contribution in [2.75, 3.05) is 32.1 Å². The Bertz CT molecular complexity index is 1030. The molecule has 2 aliphatic rings. The summed E-state index contributed by atoms with van der Waals surface area (Å²) >= 11 is 0. The molecule has 162 valence electrons. The van der Waals surface area contributed by atoms with Crippen LogP contribution in [0.25, 0.3) is 10.9 Å². The molecule has 2 heterocycles. The van der Waals surface area contributed by atoms with E-state index in [0.717, 1.165) is 25.7 Å². The molecule has 4 rings (SSSR count). The van der Waals surface area contributed by atoms with E-state index in [1.807, 2.05) is 0 Å². The van der Waals surface area contributed by atoms with Crippen molar-refractivity contribution in [1.82, 2.24) is 14.8 Å². The van der Waals surface area contributed by atoms with Crippen LogP contribution < -0.4 is 5.32 Å². The number of benzene rings is 1. The van der Waals surface area contributed by atoms with Crippen molar-refractivity contribution in [2.45, 2.75) is 43.2 Å². The van der Waals surface area contributed by atoms with Crippen LogP contribution in [0.5, 0.6) is 0 Å². The van der Waals surface area contributed by atoms with E-state index in [1.54, 1.807) is 33.7 Å². The van der Waals surface area contributed by atoms with Gasteiger partial charge in [-0.3, -0.25) is 9.59 Å². The number of carbonyl (C=O) groups is 2. The summed E-state index contributed by atoms with van der Waals surface area (Å²) in [5, 5.41) is 3.37. The summed E-state index contributed by atoms with van der Waals surface area (Å²) in [6.45, 7) is 2.13. The Balaban J connectivity index is 1.56. The third kappa shape index (κ3) is 4.52. The maximum Gasteiger partial charge on any atom is 0.242 e. The molecule has 1 aromatic carbocycles. The van der Waals surface area contributed by atoms with Gasteiger partial charge in [0.1, 0.15) is 12.3 Å². The highest BCUT2D eigenvalue weighted by atomic mass is 32.2. The fourth-order valence-electron chi connectivity index (χ4n) is 4.24. The fourth-order valence-corrected chi connectivity index (χ4v) is 5.62. The van der Waals surface area contributed by atoms with E-state index < -0.39 is 21.5 Å². The molecule has 8 nitrogen and oxygen atoms in total. The van der Waals surface area contributed by atoms with Crippen LogP contribution in [0.4, 0.5) is 0 Å². The van der Waals surface area contributed by atoms with Gasteiger partial charge >= 0.3 is 0 Å². The zero-order valence-corrected chi connectivity index (χ0v) is 17.7. The first kappa shape index (κ1) is 20.9. The highest BCUT2D eigenvalue weighted by Crippen LogP contribution is 2.27. The minimum atomic E-state index is -3.85. The maximum absolute atomic E-state index is 13.0. The standard InChI is InChI=1S/C21H27N3O5S/c25-20(22-16-5-1-2-6-16)15-30(27,28)19-13-24(18-8-4-3-7-17(18)19)14-21(26)23-9-11-29-12-10-23/h3-4,7-8,13,16H,1-2,5-6,9-12,14-15H2,(H,22,25). The van der Waals surface area contributed by atoms with Crippen LogP contribution in [0.15, 0.2) is 35.4 Å². The lowest BCUT2D eigenvalue weighted by molar-refractivity contribution is -0.135. The first-order valence-electron chi connectivity index (χ1n) is 10.4. The zero-order valence-electron chi connectivity index (χ0n) is 16.9. The molecular weight excluding hydrogens is 406 g/mol. The number of rotatable bonds is 6. The minimum absolute atomic E-state index is 0.0459. The summed E-state index contributed by atoms with van der Waals surface area (Å²) in [6, 6.07) is 7.14. The number of hydrogen-bond acceptors (Lipinski definition) is 5. The van der Waals surface area contributed by atoms with Gasteiger partial charge in [-0.05, 0) is 18.9 Å². The van der Waals surface area contributed by atoms with Crippen molar-refractivity contribution >= 4 is 32.6 Å². The van der Waals surface area contributed by atoms with Gasteiger partial charge in [0.05, 0.1) is 18.1 Å². The van der Waals surface area contributed by atoms with Gasteiger partial charge in [0.25, 0.3) is 0 Å². The topological polar surface area (TPSA) is 97.7 Å². The number of amides is 2. The van der Waals surface area contributed by atoms with Gasteiger partial charge in [0, 0.05) is 36.2 Å². The lowest BCUT2D eigenvalue weighted by atomic mass is 10.2. The molecular formula is C21H27N3O5S. The van der Waals surface area contributed by atoms with Crippen LogP contribution in [0, 0.1) is 0 Å². The molecule has 2 aromatic rings. The second kappa shape index (κ2) is 8.77. The average molecular weight is 434 g/mol. The van der Waals surface area contributed by atoms with Gasteiger partial charge in [0.15, 0.2) is 9.84 Å². The smallest absolute Gasteiger partial charge is 0.242 e. The zero-order chi connectivity index (χ0) is 21.1. The monoisotopic (exact) mass is 433 g/mol. The number of aromatic nitrogens is 1. The summed E-state index contributed by atoms with van der Waals surface area (Å²) in [6.07, 6.45) is 5.40. The van der Waals surface area contributed by atoms with Gasteiger partial charge in [-0.15, -0.1) is 0 Å². The lowest BCUT2D eigenvalue weighted by Crippen LogP contribution is -2.42. The van der Waals surface area contributed by atoms with Crippen LogP contribution in [0.2, 0.25) is 0 Å². The number of para-hydroxylation sites is 1. The molecule has 0 atom stereocenters. The minimum Gasteiger partial charge on any atom is -0.378 e. The summed E-state index contributed by atoms with van der Waals surface area (Å²) in [5.74, 6) is -1.14. The highest BCUT2D eigenvalue weighted by Gasteiger charge is 2.27. The number of morpholine rings is 1. The van der Waals surface area contributed by atoms with Crippen LogP contribution in [-0.4, -0.2) is 67.8 Å². The van der Waals surface area contributed by atoms with Gasteiger partial charge in [-0.2, -0.15) is 0 Å². The van der Waals surface area contributed by atoms with E-state index in [-0.39, 0.29) is 23.4 Å². The van der Waals surface area contributed by atoms with Crippen LogP contribution in [-0.2, 0) is 30.7 Å². The molecule has 0 bridgehead atoms. The van der Waals surface area contributed by atoms with Crippen LogP contribution in [0.1, 0.15) is 25.7 Å². The predicted octanol–water partition coefficient (Wildman–Crippen LogP) is 1.33. The Kier molecular flexibility index (Phi) is 6.10. The second-order valence-corrected chi connectivity index (χ2v) is 9.90. The number of fused-ring (bicyclic) bond motifs is 1. The Labute approximate surface area is 176 Å². The molecule has 1 aromatic heterocycles. The third-order valence-corrected chi connectivity index (χ3v) is 7.44. The number of carbonyl (C=O) groups excluding carboxylic acids is 2. The van der Waals surface area contributed by atoms with E-state index in [2.05, 4.69) is 5.32 Å². The first-order chi connectivity index (χ1) is 14.4. The summed E-state index contributed by atoms with van der Waals surface area (Å²) in [5.41, 5.74) is 0.661. The molecule has 0 radical (unpaired) electrons. The number of ether oxygens (including phenoxy) is 1. The Morgan fingerprint density at radius 2 is 1.80 bits per heavy atom. The van der Waals surface area contributed by atoms with Gasteiger partial charge in [-0.1, -0.05) is 31.0 Å². The van der Waals surface area contributed by atoms with E-state index in [4.69, 9.17) is 4.74 Å². The van der Waals surface area contributed by atoms with Gasteiger partial charge in [0.2, 0.25) is 11.8 Å². The van der Waals surface area contributed by atoms with Crippen molar-refractivity contribution in [3.8, 4) is 0 Å². The molecule has 2 fully saturated rings. The molecule has 30 heavy (non-hydrogen) atoms. The maximum atomic E-state index is 13.0. The van der Waals surface area contributed by atoms with Crippen molar-refractivity contribution < 1.29 is 22.7 Å². The molecule has 1 aliphatic heterocycles. The molecule has 1 saturated heterocycles. The van der Waals surface area contributed by atoms with E-state index in [1.165, 1.54) is 6.20 Å². The molecule has 2 amide bonds. The van der Waals surface area contributed by atoms with Crippen LogP contribution in [0.3, 0.4) is 0 Å². The van der Waals surface area contributed by atoms with Gasteiger partial charge < -0.3 is 19.5 Å². The summed E-state index contributed by atoms with van der Waals surface area (Å²) in [7, 11) is -3.85. The van der Waals surface area contributed by atoms with Crippen LogP contribution >= 0.6 is 0 Å². The van der Waals surface area contributed by atoms with E-state index in [9.17, 15) is 18.0 Å². The number of sulfone groups is 1. The van der Waals surface area contributed by atoms with Crippen molar-refractivity contribution in [1.29, 1.82) is 0 Å². The molecule has 1 saturated carbocycles. The normalized spacial score (nSPS) is 18.1. The fraction of sp³-hybridized carbons (Fsp3) is 0.524. The second-order valence-electron chi connectivity index (χ2n) is 7.94. The molecule has 1 aliphatic carbocycles. The molecule has 0 unspecified atom stereocenters. The Morgan fingerprint density at radius 3 is 2.53 bits per heavy atom. The molecule has 9 heteroatoms. The average Bonchev–Trinajstić information content (AvgIpc) is 3.37. The predicted molar refractivity (Wildman–Crippen MR) is 112 cm³/mol. The van der Waals surface area contributed by atoms with Crippen molar-refractivity contribution in [3.63, 3.8) is 0 Å².